The molecule has 0 bridgehead atoms. The average Bonchev–Trinajstić information content (AvgIpc) is 2.54. The first kappa shape index (κ1) is 9.07. The van der Waals surface area contributed by atoms with Gasteiger partial charge in [-0.15, -0.1) is 0 Å². The molecule has 0 saturated carbocycles. The van der Waals surface area contributed by atoms with E-state index in [1.54, 1.807) is 0 Å². The second kappa shape index (κ2) is 3.33. The van der Waals surface area contributed by atoms with Crippen molar-refractivity contribution >= 4 is 0 Å². The third kappa shape index (κ3) is 1.73. The summed E-state index contributed by atoms with van der Waals surface area (Å²) in [5, 5.41) is 0. The Bertz CT molecular complexity index is 202. The van der Waals surface area contributed by atoms with E-state index < -0.39 is 0 Å². The molecule has 74 valence electrons. The third-order valence-corrected chi connectivity index (χ3v) is 3.41. The maximum absolute atomic E-state index is 5.33. The molecule has 0 aliphatic carbocycles. The second-order valence-corrected chi connectivity index (χ2v) is 4.61. The van der Waals surface area contributed by atoms with Crippen molar-refractivity contribution in [2.75, 3.05) is 19.7 Å². The fraction of sp³-hybridized carbons (Fsp3) is 0.818. The van der Waals surface area contributed by atoms with Crippen LogP contribution in [0.25, 0.3) is 0 Å². The van der Waals surface area contributed by atoms with Gasteiger partial charge in [0.15, 0.2) is 0 Å². The van der Waals surface area contributed by atoms with Crippen LogP contribution in [0.4, 0.5) is 0 Å². The molecule has 0 N–H and O–H groups in total. The van der Waals surface area contributed by atoms with Crippen LogP contribution in [-0.2, 0) is 4.74 Å². The number of hydrogen-bond donors (Lipinski definition) is 0. The summed E-state index contributed by atoms with van der Waals surface area (Å²) < 4.78 is 5.33. The number of hydrogen-bond acceptors (Lipinski definition) is 2. The first-order chi connectivity index (χ1) is 6.22. The van der Waals surface area contributed by atoms with Crippen LogP contribution in [0.2, 0.25) is 0 Å². The highest BCUT2D eigenvalue weighted by Crippen LogP contribution is 2.36. The topological polar surface area (TPSA) is 12.5 Å². The Morgan fingerprint density at radius 1 is 1.31 bits per heavy atom. The summed E-state index contributed by atoms with van der Waals surface area (Å²) in [6.07, 6.45) is 6.68. The quantitative estimate of drug-likeness (QED) is 0.613. The van der Waals surface area contributed by atoms with Crippen molar-refractivity contribution in [3.05, 3.63) is 12.3 Å². The predicted octanol–water partition coefficient (Wildman–Crippen LogP) is 2.02. The maximum atomic E-state index is 5.33. The van der Waals surface area contributed by atoms with E-state index >= 15 is 0 Å². The second-order valence-electron chi connectivity index (χ2n) is 4.61. The molecule has 2 heterocycles. The molecule has 0 amide bonds. The summed E-state index contributed by atoms with van der Waals surface area (Å²) in [4.78, 5) is 2.55. The van der Waals surface area contributed by atoms with E-state index in [9.17, 15) is 0 Å². The number of rotatable bonds is 1. The van der Waals surface area contributed by atoms with Gasteiger partial charge in [-0.1, -0.05) is 0 Å². The lowest BCUT2D eigenvalue weighted by atomic mass is 9.80. The van der Waals surface area contributed by atoms with Gasteiger partial charge in [0, 0.05) is 11.5 Å². The Kier molecular flexibility index (Phi) is 2.33. The van der Waals surface area contributed by atoms with Gasteiger partial charge in [0.25, 0.3) is 0 Å². The smallest absolute Gasteiger partial charge is 0.0965 e. The van der Waals surface area contributed by atoms with Crippen LogP contribution < -0.4 is 0 Å². The van der Waals surface area contributed by atoms with Gasteiger partial charge in [0.1, 0.15) is 0 Å². The lowest BCUT2D eigenvalue weighted by molar-refractivity contribution is 0.0800. The first-order valence-corrected chi connectivity index (χ1v) is 5.25. The highest BCUT2D eigenvalue weighted by molar-refractivity contribution is 5.04. The molecule has 1 spiro atoms. The van der Waals surface area contributed by atoms with E-state index in [0.29, 0.717) is 11.5 Å². The van der Waals surface area contributed by atoms with Crippen LogP contribution in [0.15, 0.2) is 12.3 Å². The van der Waals surface area contributed by atoms with Crippen molar-refractivity contribution in [2.24, 2.45) is 5.41 Å². The molecule has 0 atom stereocenters. The van der Waals surface area contributed by atoms with Gasteiger partial charge in [-0.25, -0.2) is 0 Å². The summed E-state index contributed by atoms with van der Waals surface area (Å²) in [6.45, 7) is 7.92. The van der Waals surface area contributed by atoms with Gasteiger partial charge in [-0.2, -0.15) is 0 Å². The summed E-state index contributed by atoms with van der Waals surface area (Å²) in [7, 11) is 0. The Labute approximate surface area is 80.6 Å². The molecule has 2 heteroatoms. The Balaban J connectivity index is 1.92. The molecule has 2 aliphatic heterocycles. The Morgan fingerprint density at radius 2 is 2.00 bits per heavy atom. The molecule has 2 aliphatic rings. The normalized spacial score (nSPS) is 27.0. The molecule has 0 aromatic rings. The first-order valence-electron chi connectivity index (χ1n) is 5.25. The largest absolute Gasteiger partial charge is 0.501 e. The summed E-state index contributed by atoms with van der Waals surface area (Å²) >= 11 is 0. The molecule has 0 aromatic carbocycles. The molecule has 1 saturated heterocycles. The van der Waals surface area contributed by atoms with Crippen molar-refractivity contribution in [1.82, 2.24) is 4.90 Å². The monoisotopic (exact) mass is 181 g/mol. The average molecular weight is 181 g/mol. The van der Waals surface area contributed by atoms with E-state index in [0.717, 1.165) is 6.61 Å². The van der Waals surface area contributed by atoms with Crippen molar-refractivity contribution in [3.63, 3.8) is 0 Å². The molecule has 2 rings (SSSR count). The van der Waals surface area contributed by atoms with Gasteiger partial charge >= 0.3 is 0 Å². The number of ether oxygens (including phenoxy) is 1. The molecule has 0 radical (unpaired) electrons. The van der Waals surface area contributed by atoms with Crippen LogP contribution in [0.5, 0.6) is 0 Å². The zero-order valence-electron chi connectivity index (χ0n) is 8.62. The molecular weight excluding hydrogens is 162 g/mol. The van der Waals surface area contributed by atoms with Crippen LogP contribution >= 0.6 is 0 Å². The van der Waals surface area contributed by atoms with E-state index in [-0.39, 0.29) is 0 Å². The van der Waals surface area contributed by atoms with Crippen molar-refractivity contribution in [3.8, 4) is 0 Å². The summed E-state index contributed by atoms with van der Waals surface area (Å²) in [5.74, 6) is 0. The fourth-order valence-corrected chi connectivity index (χ4v) is 2.25. The number of likely N-dealkylation sites (tertiary alicyclic amines) is 1. The van der Waals surface area contributed by atoms with Crippen LogP contribution in [0.3, 0.4) is 0 Å². The minimum Gasteiger partial charge on any atom is -0.501 e. The van der Waals surface area contributed by atoms with Crippen LogP contribution in [-0.4, -0.2) is 30.6 Å². The predicted molar refractivity (Wildman–Crippen MR) is 53.5 cm³/mol. The highest BCUT2D eigenvalue weighted by atomic mass is 16.5. The molecule has 0 unspecified atom stereocenters. The number of nitrogens with zero attached hydrogens (tertiary/aromatic N) is 1. The lowest BCUT2D eigenvalue weighted by Gasteiger charge is -2.39. The molecule has 2 nitrogen and oxygen atoms in total. The lowest BCUT2D eigenvalue weighted by Crippen LogP contribution is -2.43. The minimum absolute atomic E-state index is 0.394. The highest BCUT2D eigenvalue weighted by Gasteiger charge is 2.35. The number of piperidine rings is 1. The van der Waals surface area contributed by atoms with E-state index in [1.807, 2.05) is 6.26 Å². The van der Waals surface area contributed by atoms with Gasteiger partial charge in [-0.3, -0.25) is 0 Å². The minimum atomic E-state index is 0.394. The van der Waals surface area contributed by atoms with Crippen LogP contribution in [0, 0.1) is 5.41 Å². The van der Waals surface area contributed by atoms with E-state index in [2.05, 4.69) is 24.8 Å². The fourth-order valence-electron chi connectivity index (χ4n) is 2.25. The summed E-state index contributed by atoms with van der Waals surface area (Å²) in [6, 6.07) is 0.698. The zero-order chi connectivity index (χ0) is 9.31. The Hall–Kier alpha value is -0.500. The van der Waals surface area contributed by atoms with Crippen LogP contribution in [0.1, 0.15) is 26.7 Å². The zero-order valence-corrected chi connectivity index (χ0v) is 8.62. The molecule has 1 fully saturated rings. The van der Waals surface area contributed by atoms with E-state index in [1.165, 1.54) is 25.9 Å². The Morgan fingerprint density at radius 3 is 2.46 bits per heavy atom. The molecule has 13 heavy (non-hydrogen) atoms. The van der Waals surface area contributed by atoms with Gasteiger partial charge in [0.2, 0.25) is 0 Å². The van der Waals surface area contributed by atoms with Crippen molar-refractivity contribution in [1.29, 1.82) is 0 Å². The van der Waals surface area contributed by atoms with Gasteiger partial charge in [-0.05, 0) is 45.9 Å². The molecule has 0 aromatic heterocycles. The SMILES string of the molecule is CC(C)N1CCC2(C=COC2)CC1. The summed E-state index contributed by atoms with van der Waals surface area (Å²) in [5.41, 5.74) is 0.394. The van der Waals surface area contributed by atoms with Gasteiger partial charge in [0.05, 0.1) is 12.9 Å². The maximum Gasteiger partial charge on any atom is 0.0965 e. The standard InChI is InChI=1S/C11H19NO/c1-10(2)12-6-3-11(4-7-12)5-8-13-9-11/h5,8,10H,3-4,6-7,9H2,1-2H3. The van der Waals surface area contributed by atoms with Crippen molar-refractivity contribution < 1.29 is 4.74 Å². The van der Waals surface area contributed by atoms with Gasteiger partial charge < -0.3 is 9.64 Å². The van der Waals surface area contributed by atoms with Crippen molar-refractivity contribution in [2.45, 2.75) is 32.7 Å². The molecular formula is C11H19NO. The third-order valence-electron chi connectivity index (χ3n) is 3.41. The van der Waals surface area contributed by atoms with E-state index in [4.69, 9.17) is 4.74 Å².